The van der Waals surface area contributed by atoms with Gasteiger partial charge in [0, 0.05) is 17.9 Å². The van der Waals surface area contributed by atoms with Crippen molar-refractivity contribution in [1.29, 1.82) is 0 Å². The second-order valence-electron chi connectivity index (χ2n) is 12.6. The molecular formula is C34H53NO5. The van der Waals surface area contributed by atoms with Crippen LogP contribution in [0.5, 0.6) is 0 Å². The smallest absolute Gasteiger partial charge is 0.145 e. The maximum absolute atomic E-state index is 12.5. The Morgan fingerprint density at radius 1 is 1.23 bits per heavy atom. The Hall–Kier alpha value is -1.83. The highest BCUT2D eigenvalue weighted by Gasteiger charge is 2.67. The molecule has 0 aromatic carbocycles. The van der Waals surface area contributed by atoms with Crippen molar-refractivity contribution in [3.05, 3.63) is 58.7 Å². The van der Waals surface area contributed by atoms with Crippen LogP contribution in [0, 0.1) is 23.2 Å². The van der Waals surface area contributed by atoms with Crippen molar-refractivity contribution < 1.29 is 25.2 Å². The number of fused-ring (bicyclic) bond motifs is 1. The highest BCUT2D eigenvalue weighted by molar-refractivity contribution is 5.75. The van der Waals surface area contributed by atoms with Crippen LogP contribution in [0.4, 0.5) is 0 Å². The Morgan fingerprint density at radius 2 is 2.00 bits per heavy atom. The van der Waals surface area contributed by atoms with E-state index in [4.69, 9.17) is 0 Å². The van der Waals surface area contributed by atoms with Gasteiger partial charge in [-0.3, -0.25) is 4.79 Å². The van der Waals surface area contributed by atoms with Gasteiger partial charge in [0.05, 0.1) is 18.3 Å². The number of hydrogen-bond donors (Lipinski definition) is 5. The van der Waals surface area contributed by atoms with Crippen molar-refractivity contribution in [3.63, 3.8) is 0 Å². The van der Waals surface area contributed by atoms with E-state index in [1.54, 1.807) is 0 Å². The van der Waals surface area contributed by atoms with Crippen LogP contribution in [0.25, 0.3) is 0 Å². The summed E-state index contributed by atoms with van der Waals surface area (Å²) in [5.74, 6) is -0.373. The second kappa shape index (κ2) is 14.9. The minimum absolute atomic E-state index is 0.0273. The molecule has 6 unspecified atom stereocenters. The fraction of sp³-hybridized carbons (Fsp3) is 0.676. The highest BCUT2D eigenvalue weighted by atomic mass is 16.3. The summed E-state index contributed by atoms with van der Waals surface area (Å²) in [4.78, 5) is 12.2. The Bertz CT molecular complexity index is 1010. The van der Waals surface area contributed by atoms with Crippen LogP contribution in [0.1, 0.15) is 84.5 Å². The van der Waals surface area contributed by atoms with Gasteiger partial charge in [-0.2, -0.15) is 0 Å². The Kier molecular flexibility index (Phi) is 12.2. The summed E-state index contributed by atoms with van der Waals surface area (Å²) < 4.78 is 0. The number of aliphatic hydroxyl groups is 4. The van der Waals surface area contributed by atoms with Gasteiger partial charge in [-0.05, 0) is 121 Å². The molecule has 2 fully saturated rings. The van der Waals surface area contributed by atoms with Gasteiger partial charge in [0.15, 0.2) is 0 Å². The number of carbonyl (C=O) groups is 1. The van der Waals surface area contributed by atoms with Gasteiger partial charge in [-0.1, -0.05) is 47.6 Å². The van der Waals surface area contributed by atoms with Gasteiger partial charge >= 0.3 is 0 Å². The van der Waals surface area contributed by atoms with Gasteiger partial charge in [-0.25, -0.2) is 0 Å². The first-order valence-electron chi connectivity index (χ1n) is 15.3. The number of allylic oxidation sites excluding steroid dienone is 8. The maximum Gasteiger partial charge on any atom is 0.145 e. The quantitative estimate of drug-likeness (QED) is 0.118. The van der Waals surface area contributed by atoms with E-state index in [-0.39, 0.29) is 31.0 Å². The molecule has 0 aromatic rings. The van der Waals surface area contributed by atoms with Crippen LogP contribution in [0.3, 0.4) is 0 Å². The van der Waals surface area contributed by atoms with E-state index in [1.807, 2.05) is 25.3 Å². The predicted molar refractivity (Wildman–Crippen MR) is 162 cm³/mol. The fourth-order valence-corrected chi connectivity index (χ4v) is 8.09. The molecule has 0 radical (unpaired) electrons. The number of hydrogen-bond acceptors (Lipinski definition) is 6. The van der Waals surface area contributed by atoms with Crippen LogP contribution in [0.2, 0.25) is 0 Å². The molecule has 0 heterocycles. The standard InChI is InChI=1S/C34H53NO5/c1-24(2)9-5-10-25(3)11-6-13-27(22-37)29-16-17-34(32(29)39)30(15-8-20-36)31-26(12-7-14-28(31)23-38)21-33(34,40)18-19-35-4/h6,9,11,13,23,26,29-30,32,35-37,39-40H,3,5,7-8,10,12,14-22H2,1-2,4H3. The summed E-state index contributed by atoms with van der Waals surface area (Å²) >= 11 is 0. The average molecular weight is 556 g/mol. The monoisotopic (exact) mass is 555 g/mol. The van der Waals surface area contributed by atoms with Crippen molar-refractivity contribution >= 4 is 6.29 Å². The van der Waals surface area contributed by atoms with Gasteiger partial charge in [0.1, 0.15) is 6.29 Å². The van der Waals surface area contributed by atoms with Crippen molar-refractivity contribution in [1.82, 2.24) is 5.32 Å². The normalized spacial score (nSPS) is 32.5. The molecule has 0 bridgehead atoms. The molecule has 0 aromatic heterocycles. The number of carbonyl (C=O) groups excluding carboxylic acids is 1. The molecule has 6 atom stereocenters. The Labute approximate surface area is 241 Å². The molecule has 3 rings (SSSR count). The third-order valence-electron chi connectivity index (χ3n) is 9.94. The minimum atomic E-state index is -1.13. The molecule has 224 valence electrons. The van der Waals surface area contributed by atoms with E-state index in [2.05, 4.69) is 31.8 Å². The van der Waals surface area contributed by atoms with Crippen molar-refractivity contribution in [2.24, 2.45) is 23.2 Å². The van der Waals surface area contributed by atoms with E-state index in [0.29, 0.717) is 45.1 Å². The third kappa shape index (κ3) is 6.79. The summed E-state index contributed by atoms with van der Waals surface area (Å²) in [5, 5.41) is 48.2. The van der Waals surface area contributed by atoms with E-state index in [1.165, 1.54) is 5.57 Å². The second-order valence-corrected chi connectivity index (χ2v) is 12.6. The zero-order chi connectivity index (χ0) is 29.3. The molecule has 6 heteroatoms. The van der Waals surface area contributed by atoms with Crippen LogP contribution in [-0.2, 0) is 4.79 Å². The summed E-state index contributed by atoms with van der Waals surface area (Å²) in [6.45, 7) is 8.78. The van der Waals surface area contributed by atoms with Crippen molar-refractivity contribution in [3.8, 4) is 0 Å². The molecule has 40 heavy (non-hydrogen) atoms. The Morgan fingerprint density at radius 3 is 2.65 bits per heavy atom. The topological polar surface area (TPSA) is 110 Å². The fourth-order valence-electron chi connectivity index (χ4n) is 8.09. The van der Waals surface area contributed by atoms with E-state index in [0.717, 1.165) is 60.7 Å². The molecule has 3 aliphatic carbocycles. The van der Waals surface area contributed by atoms with E-state index < -0.39 is 17.1 Å². The predicted octanol–water partition coefficient (Wildman–Crippen LogP) is 4.95. The minimum Gasteiger partial charge on any atom is -0.396 e. The van der Waals surface area contributed by atoms with Crippen molar-refractivity contribution in [2.45, 2.75) is 96.2 Å². The molecule has 2 saturated carbocycles. The number of aliphatic hydroxyl groups excluding tert-OH is 3. The van der Waals surface area contributed by atoms with E-state index >= 15 is 0 Å². The highest BCUT2D eigenvalue weighted by Crippen LogP contribution is 2.66. The molecule has 6 nitrogen and oxygen atoms in total. The zero-order valence-corrected chi connectivity index (χ0v) is 25.0. The maximum atomic E-state index is 12.5. The third-order valence-corrected chi connectivity index (χ3v) is 9.94. The molecular weight excluding hydrogens is 502 g/mol. The lowest BCUT2D eigenvalue weighted by atomic mass is 9.47. The molecule has 5 N–H and O–H groups in total. The Balaban J connectivity index is 2.00. The summed E-state index contributed by atoms with van der Waals surface area (Å²) in [7, 11) is 1.87. The van der Waals surface area contributed by atoms with Crippen LogP contribution >= 0.6 is 0 Å². The van der Waals surface area contributed by atoms with Gasteiger partial charge < -0.3 is 25.7 Å². The first-order valence-corrected chi connectivity index (χ1v) is 15.3. The largest absolute Gasteiger partial charge is 0.396 e. The summed E-state index contributed by atoms with van der Waals surface area (Å²) in [6, 6.07) is 0. The average Bonchev–Trinajstić information content (AvgIpc) is 3.27. The lowest BCUT2D eigenvalue weighted by Gasteiger charge is -2.60. The zero-order valence-electron chi connectivity index (χ0n) is 25.0. The lowest BCUT2D eigenvalue weighted by Crippen LogP contribution is -2.63. The lowest BCUT2D eigenvalue weighted by molar-refractivity contribution is -0.190. The molecule has 0 amide bonds. The molecule has 0 aliphatic heterocycles. The van der Waals surface area contributed by atoms with Crippen LogP contribution in [-0.4, -0.2) is 65.2 Å². The van der Waals surface area contributed by atoms with Gasteiger partial charge in [0.2, 0.25) is 0 Å². The van der Waals surface area contributed by atoms with Gasteiger partial charge in [-0.15, -0.1) is 0 Å². The first-order chi connectivity index (χ1) is 19.2. The summed E-state index contributed by atoms with van der Waals surface area (Å²) in [6.07, 6.45) is 15.9. The van der Waals surface area contributed by atoms with E-state index in [9.17, 15) is 25.2 Å². The van der Waals surface area contributed by atoms with Gasteiger partial charge in [0.25, 0.3) is 0 Å². The molecule has 3 aliphatic rings. The van der Waals surface area contributed by atoms with Crippen molar-refractivity contribution in [2.75, 3.05) is 26.8 Å². The molecule has 0 saturated heterocycles. The van der Waals surface area contributed by atoms with Crippen LogP contribution < -0.4 is 5.32 Å². The number of aldehydes is 1. The number of rotatable bonds is 14. The SMILES string of the molecule is C=C(C=CC=C(CO)C1CCC2(C(CCCO)C3=C(C=O)CCCC3CC2(O)CCNC)C1O)CCC=C(C)C. The summed E-state index contributed by atoms with van der Waals surface area (Å²) in [5.41, 5.74) is 3.01. The number of nitrogens with one attached hydrogen (secondary N) is 1. The molecule has 1 spiro atoms. The first kappa shape index (κ1) is 32.7. The van der Waals surface area contributed by atoms with Crippen LogP contribution in [0.15, 0.2) is 58.7 Å².